The number of piperidine rings is 1. The average Bonchev–Trinajstić information content (AvgIpc) is 3.67. The van der Waals surface area contributed by atoms with Gasteiger partial charge in [-0.05, 0) is 78.6 Å². The summed E-state index contributed by atoms with van der Waals surface area (Å²) in [7, 11) is 0. The van der Waals surface area contributed by atoms with Crippen LogP contribution in [0.5, 0.6) is 11.5 Å². The van der Waals surface area contributed by atoms with Crippen molar-refractivity contribution >= 4 is 46.7 Å². The van der Waals surface area contributed by atoms with Gasteiger partial charge in [-0.15, -0.1) is 0 Å². The molecule has 61 heavy (non-hydrogen) atoms. The van der Waals surface area contributed by atoms with Gasteiger partial charge < -0.3 is 33.9 Å². The number of hydrogen-bond acceptors (Lipinski definition) is 11. The van der Waals surface area contributed by atoms with Crippen molar-refractivity contribution in [3.63, 3.8) is 0 Å². The average molecular weight is 829 g/mol. The first-order valence-corrected chi connectivity index (χ1v) is 19.8. The number of nitrogens with one attached hydrogen (secondary N) is 1. The number of rotatable bonds is 20. The lowest BCUT2D eigenvalue weighted by atomic mass is 10.0. The van der Waals surface area contributed by atoms with E-state index < -0.39 is 28.7 Å². The summed E-state index contributed by atoms with van der Waals surface area (Å²) in [6.45, 7) is 6.85. The zero-order valence-corrected chi connectivity index (χ0v) is 33.3. The highest BCUT2D eigenvalue weighted by Gasteiger charge is 2.44. The SMILES string of the molecule is C=C1CCC(N2C(=O)c3ccc(OCCOCCOCCOCCOc4ccc(CN5C(=O)/C(=C\C=C\c6ccc([N+](=O)[O-])cc6)c6ccccc65)cc4)cc3C2=O)C(=O)N1. The minimum atomic E-state index is -0.868. The van der Waals surface area contributed by atoms with Gasteiger partial charge in [0, 0.05) is 29.0 Å². The highest BCUT2D eigenvalue weighted by Crippen LogP contribution is 2.38. The molecule has 15 heteroatoms. The molecular weight excluding hydrogens is 785 g/mol. The van der Waals surface area contributed by atoms with Gasteiger partial charge in [-0.1, -0.05) is 49.1 Å². The number of nitro groups is 1. The maximum Gasteiger partial charge on any atom is 0.269 e. The van der Waals surface area contributed by atoms with E-state index in [1.807, 2.05) is 48.5 Å². The fourth-order valence-corrected chi connectivity index (χ4v) is 7.06. The van der Waals surface area contributed by atoms with Crippen LogP contribution in [0.4, 0.5) is 11.4 Å². The summed E-state index contributed by atoms with van der Waals surface area (Å²) < 4.78 is 28.3. The van der Waals surface area contributed by atoms with Crippen LogP contribution in [0.2, 0.25) is 0 Å². The molecule has 0 spiro atoms. The molecule has 4 amide bonds. The third-order valence-electron chi connectivity index (χ3n) is 10.1. The van der Waals surface area contributed by atoms with Gasteiger partial charge in [-0.2, -0.15) is 0 Å². The van der Waals surface area contributed by atoms with Crippen LogP contribution in [0.25, 0.3) is 11.6 Å². The zero-order chi connectivity index (χ0) is 42.7. The maximum absolute atomic E-state index is 13.5. The van der Waals surface area contributed by atoms with Crippen molar-refractivity contribution in [3.05, 3.63) is 153 Å². The van der Waals surface area contributed by atoms with Crippen LogP contribution in [-0.2, 0) is 30.3 Å². The van der Waals surface area contributed by atoms with Crippen molar-refractivity contribution in [2.24, 2.45) is 0 Å². The molecule has 7 rings (SSSR count). The monoisotopic (exact) mass is 828 g/mol. The summed E-state index contributed by atoms with van der Waals surface area (Å²) in [6, 6.07) is 25.2. The summed E-state index contributed by atoms with van der Waals surface area (Å²) in [4.78, 5) is 65.2. The lowest BCUT2D eigenvalue weighted by Crippen LogP contribution is -2.51. The van der Waals surface area contributed by atoms with Gasteiger partial charge in [-0.25, -0.2) is 0 Å². The lowest BCUT2D eigenvalue weighted by Gasteiger charge is -2.29. The molecule has 3 aliphatic rings. The number of hydrogen-bond donors (Lipinski definition) is 1. The summed E-state index contributed by atoms with van der Waals surface area (Å²) >= 11 is 0. The van der Waals surface area contributed by atoms with Gasteiger partial charge in [0.05, 0.1) is 67.9 Å². The number of amides is 4. The number of anilines is 1. The second-order valence-corrected chi connectivity index (χ2v) is 14.2. The van der Waals surface area contributed by atoms with E-state index in [2.05, 4.69) is 11.9 Å². The van der Waals surface area contributed by atoms with Gasteiger partial charge in [0.25, 0.3) is 23.4 Å². The van der Waals surface area contributed by atoms with Crippen molar-refractivity contribution in [2.75, 3.05) is 57.8 Å². The number of imide groups is 1. The van der Waals surface area contributed by atoms with Crippen LogP contribution in [-0.4, -0.2) is 92.3 Å². The molecular formula is C46H44N4O11. The summed E-state index contributed by atoms with van der Waals surface area (Å²) in [5.74, 6) is -0.443. The van der Waals surface area contributed by atoms with Gasteiger partial charge >= 0.3 is 0 Å². The van der Waals surface area contributed by atoms with Gasteiger partial charge in [0.2, 0.25) is 5.91 Å². The number of carbonyl (C=O) groups excluding carboxylic acids is 4. The Morgan fingerprint density at radius 2 is 1.34 bits per heavy atom. The number of allylic oxidation sites excluding steroid dienone is 3. The van der Waals surface area contributed by atoms with E-state index in [1.165, 1.54) is 24.3 Å². The van der Waals surface area contributed by atoms with Crippen LogP contribution >= 0.6 is 0 Å². The van der Waals surface area contributed by atoms with Crippen LogP contribution in [0.3, 0.4) is 0 Å². The standard InChI is InChI=1S/C46H44N4O11/c1-31-9-20-42(43(51)47-31)49-45(53)39-19-18-36(29-40(39)46(49)54)61-28-26-59-24-22-57-21-23-58-25-27-60-35-16-12-33(13-17-35)30-48-41-8-3-2-6-37(41)38(44(48)52)7-4-5-32-10-14-34(15-11-32)50(55)56/h2-8,10-19,29,42H,1,9,20-28,30H2,(H,47,51)/b5-4+,38-7-. The first kappa shape index (κ1) is 42.2. The van der Waals surface area contributed by atoms with Crippen molar-refractivity contribution in [2.45, 2.75) is 25.4 Å². The fraction of sp³-hybridized carbons (Fsp3) is 0.261. The Bertz CT molecular complexity index is 2360. The van der Waals surface area contributed by atoms with E-state index in [-0.39, 0.29) is 35.9 Å². The first-order valence-electron chi connectivity index (χ1n) is 19.8. The van der Waals surface area contributed by atoms with Crippen molar-refractivity contribution in [1.29, 1.82) is 0 Å². The van der Waals surface area contributed by atoms with Gasteiger partial charge in [0.1, 0.15) is 30.8 Å². The van der Waals surface area contributed by atoms with E-state index in [0.717, 1.165) is 27.3 Å². The predicted octanol–water partition coefficient (Wildman–Crippen LogP) is 6.13. The highest BCUT2D eigenvalue weighted by atomic mass is 16.6. The molecule has 1 fully saturated rings. The lowest BCUT2D eigenvalue weighted by molar-refractivity contribution is -0.384. The molecule has 0 aliphatic carbocycles. The molecule has 1 unspecified atom stereocenters. The number of fused-ring (bicyclic) bond motifs is 2. The van der Waals surface area contributed by atoms with Crippen LogP contribution in [0, 0.1) is 10.1 Å². The number of non-ortho nitro benzene ring substituents is 1. The third kappa shape index (κ3) is 10.3. The van der Waals surface area contributed by atoms with Crippen LogP contribution < -0.4 is 19.7 Å². The second-order valence-electron chi connectivity index (χ2n) is 14.2. The van der Waals surface area contributed by atoms with E-state index >= 15 is 0 Å². The fourth-order valence-electron chi connectivity index (χ4n) is 7.06. The van der Waals surface area contributed by atoms with Crippen LogP contribution in [0.15, 0.2) is 115 Å². The largest absolute Gasteiger partial charge is 0.491 e. The topological polar surface area (TPSA) is 176 Å². The molecule has 3 heterocycles. The number of carbonyl (C=O) groups is 4. The molecule has 0 aromatic heterocycles. The molecule has 1 saturated heterocycles. The minimum Gasteiger partial charge on any atom is -0.491 e. The summed E-state index contributed by atoms with van der Waals surface area (Å²) in [6.07, 6.45) is 6.18. The molecule has 314 valence electrons. The Morgan fingerprint density at radius 1 is 0.721 bits per heavy atom. The molecule has 0 bridgehead atoms. The Labute approximate surface area is 351 Å². The van der Waals surface area contributed by atoms with E-state index in [9.17, 15) is 29.3 Å². The Hall–Kier alpha value is -6.94. The summed E-state index contributed by atoms with van der Waals surface area (Å²) in [5, 5.41) is 13.6. The normalized spacial score (nSPS) is 16.7. The van der Waals surface area contributed by atoms with Gasteiger partial charge in [-0.3, -0.25) is 34.2 Å². The quantitative estimate of drug-likeness (QED) is 0.0357. The number of ether oxygens (including phenoxy) is 5. The third-order valence-corrected chi connectivity index (χ3v) is 10.1. The van der Waals surface area contributed by atoms with Gasteiger partial charge in [0.15, 0.2) is 0 Å². The Kier molecular flexibility index (Phi) is 13.7. The first-order chi connectivity index (χ1) is 29.7. The van der Waals surface area contributed by atoms with Crippen molar-refractivity contribution < 1.29 is 47.8 Å². The Morgan fingerprint density at radius 3 is 2.02 bits per heavy atom. The molecule has 4 aromatic carbocycles. The zero-order valence-electron chi connectivity index (χ0n) is 33.3. The Balaban J connectivity index is 0.743. The predicted molar refractivity (Wildman–Crippen MR) is 225 cm³/mol. The minimum absolute atomic E-state index is 0.0199. The van der Waals surface area contributed by atoms with Crippen molar-refractivity contribution in [1.82, 2.24) is 10.2 Å². The molecule has 4 aromatic rings. The van der Waals surface area contributed by atoms with E-state index in [4.69, 9.17) is 23.7 Å². The molecule has 1 N–H and O–H groups in total. The summed E-state index contributed by atoms with van der Waals surface area (Å²) in [5.41, 5.74) is 4.98. The molecule has 0 radical (unpaired) electrons. The smallest absolute Gasteiger partial charge is 0.269 e. The molecule has 1 atom stereocenters. The number of nitrogens with zero attached hydrogens (tertiary/aromatic N) is 3. The number of nitro benzene ring substituents is 1. The van der Waals surface area contributed by atoms with Crippen LogP contribution in [0.1, 0.15) is 50.2 Å². The number of para-hydroxylation sites is 1. The second kappa shape index (κ2) is 19.9. The highest BCUT2D eigenvalue weighted by molar-refractivity contribution is 6.32. The van der Waals surface area contributed by atoms with Crippen molar-refractivity contribution in [3.8, 4) is 11.5 Å². The molecule has 3 aliphatic heterocycles. The molecule has 0 saturated carbocycles. The molecule has 15 nitrogen and oxygen atoms in total. The van der Waals surface area contributed by atoms with E-state index in [0.29, 0.717) is 81.8 Å². The number of benzene rings is 4. The van der Waals surface area contributed by atoms with E-state index in [1.54, 1.807) is 41.3 Å². The maximum atomic E-state index is 13.5.